The topological polar surface area (TPSA) is 64.3 Å². The number of rotatable bonds is 4. The van der Waals surface area contributed by atoms with Gasteiger partial charge >= 0.3 is 0 Å². The minimum Gasteiger partial charge on any atom is -0.399 e. The molecule has 0 atom stereocenters. The maximum Gasteiger partial charge on any atom is 0.254 e. The summed E-state index contributed by atoms with van der Waals surface area (Å²) >= 11 is 0. The fraction of sp³-hybridized carbons (Fsp3) is 0.462. The van der Waals surface area contributed by atoms with Crippen LogP contribution < -0.4 is 11.1 Å². The zero-order valence-corrected chi connectivity index (χ0v) is 10.3. The van der Waals surface area contributed by atoms with Gasteiger partial charge in [0.25, 0.3) is 5.91 Å². The monoisotopic (exact) mass is 252 g/mol. The molecule has 5 heteroatoms. The minimum atomic E-state index is -0.568. The lowest BCUT2D eigenvalue weighted by Crippen LogP contribution is -2.49. The van der Waals surface area contributed by atoms with E-state index in [1.54, 1.807) is 7.11 Å². The van der Waals surface area contributed by atoms with Crippen LogP contribution in [0.4, 0.5) is 10.1 Å². The van der Waals surface area contributed by atoms with Gasteiger partial charge in [-0.15, -0.1) is 0 Å². The Morgan fingerprint density at radius 1 is 1.56 bits per heavy atom. The molecule has 1 fully saturated rings. The number of benzene rings is 1. The van der Waals surface area contributed by atoms with Gasteiger partial charge in [0.15, 0.2) is 0 Å². The van der Waals surface area contributed by atoms with Crippen LogP contribution in [0.15, 0.2) is 18.2 Å². The second-order valence-electron chi connectivity index (χ2n) is 4.66. The quantitative estimate of drug-likeness (QED) is 0.802. The summed E-state index contributed by atoms with van der Waals surface area (Å²) in [4.78, 5) is 11.9. The van der Waals surface area contributed by atoms with Crippen molar-refractivity contribution < 1.29 is 13.9 Å². The first-order valence-electron chi connectivity index (χ1n) is 5.95. The molecular weight excluding hydrogens is 235 g/mol. The van der Waals surface area contributed by atoms with Gasteiger partial charge in [-0.25, -0.2) is 4.39 Å². The number of nitrogens with one attached hydrogen (secondary N) is 1. The van der Waals surface area contributed by atoms with Crippen LogP contribution in [0.2, 0.25) is 0 Å². The van der Waals surface area contributed by atoms with Crippen LogP contribution in [0.5, 0.6) is 0 Å². The Hall–Kier alpha value is -1.62. The molecular formula is C13H17FN2O2. The van der Waals surface area contributed by atoms with Crippen molar-refractivity contribution >= 4 is 11.6 Å². The molecule has 0 saturated heterocycles. The van der Waals surface area contributed by atoms with E-state index >= 15 is 0 Å². The van der Waals surface area contributed by atoms with E-state index < -0.39 is 11.7 Å². The predicted octanol–water partition coefficient (Wildman–Crippen LogP) is 1.71. The molecule has 0 heterocycles. The smallest absolute Gasteiger partial charge is 0.254 e. The fourth-order valence-corrected chi connectivity index (χ4v) is 2.08. The van der Waals surface area contributed by atoms with Gasteiger partial charge < -0.3 is 15.8 Å². The van der Waals surface area contributed by atoms with E-state index in [1.165, 1.54) is 18.2 Å². The normalized spacial score (nSPS) is 17.0. The fourth-order valence-electron chi connectivity index (χ4n) is 2.08. The number of hydrogen-bond acceptors (Lipinski definition) is 3. The van der Waals surface area contributed by atoms with Gasteiger partial charge in [-0.2, -0.15) is 0 Å². The Kier molecular flexibility index (Phi) is 3.52. The second kappa shape index (κ2) is 4.94. The molecule has 1 aromatic rings. The van der Waals surface area contributed by atoms with Gasteiger partial charge in [0.2, 0.25) is 0 Å². The number of carbonyl (C=O) groups is 1. The molecule has 0 aliphatic heterocycles. The number of methoxy groups -OCH3 is 1. The molecule has 1 aromatic carbocycles. The summed E-state index contributed by atoms with van der Waals surface area (Å²) in [6.07, 6.45) is 2.93. The van der Waals surface area contributed by atoms with E-state index in [4.69, 9.17) is 10.5 Å². The van der Waals surface area contributed by atoms with Crippen LogP contribution in [0, 0.1) is 5.82 Å². The van der Waals surface area contributed by atoms with Crippen molar-refractivity contribution in [3.8, 4) is 0 Å². The van der Waals surface area contributed by atoms with Gasteiger partial charge in [-0.05, 0) is 37.5 Å². The van der Waals surface area contributed by atoms with E-state index in [0.717, 1.165) is 19.3 Å². The van der Waals surface area contributed by atoms with Gasteiger partial charge in [0.1, 0.15) is 5.82 Å². The Balaban J connectivity index is 2.01. The number of amides is 1. The minimum absolute atomic E-state index is 0.0272. The van der Waals surface area contributed by atoms with E-state index in [2.05, 4.69) is 5.32 Å². The molecule has 98 valence electrons. The van der Waals surface area contributed by atoms with Crippen LogP contribution in [-0.4, -0.2) is 25.2 Å². The summed E-state index contributed by atoms with van der Waals surface area (Å²) in [6.45, 7) is 0.399. The summed E-state index contributed by atoms with van der Waals surface area (Å²) in [5, 5.41) is 2.70. The predicted molar refractivity (Wildman–Crippen MR) is 66.7 cm³/mol. The van der Waals surface area contributed by atoms with Crippen molar-refractivity contribution in [1.29, 1.82) is 0 Å². The summed E-state index contributed by atoms with van der Waals surface area (Å²) < 4.78 is 18.9. The highest BCUT2D eigenvalue weighted by Gasteiger charge is 2.37. The lowest BCUT2D eigenvalue weighted by atomic mass is 9.80. The molecule has 0 bridgehead atoms. The highest BCUT2D eigenvalue weighted by molar-refractivity contribution is 5.95. The number of halogens is 1. The van der Waals surface area contributed by atoms with Gasteiger partial charge in [0.05, 0.1) is 11.2 Å². The lowest BCUT2D eigenvalue weighted by Gasteiger charge is -2.40. The highest BCUT2D eigenvalue weighted by atomic mass is 19.1. The molecule has 18 heavy (non-hydrogen) atoms. The number of ether oxygens (including phenoxy) is 1. The van der Waals surface area contributed by atoms with Crippen molar-refractivity contribution in [2.24, 2.45) is 0 Å². The van der Waals surface area contributed by atoms with Crippen LogP contribution in [-0.2, 0) is 4.74 Å². The molecule has 0 spiro atoms. The average molecular weight is 252 g/mol. The summed E-state index contributed by atoms with van der Waals surface area (Å²) in [5.41, 5.74) is 5.61. The van der Waals surface area contributed by atoms with Crippen molar-refractivity contribution in [2.45, 2.75) is 24.9 Å². The lowest BCUT2D eigenvalue weighted by molar-refractivity contribution is -0.0679. The number of nitrogens with two attached hydrogens (primary N) is 1. The highest BCUT2D eigenvalue weighted by Crippen LogP contribution is 2.34. The SMILES string of the molecule is COC1(CNC(=O)c2cc(N)ccc2F)CCC1. The van der Waals surface area contributed by atoms with Gasteiger partial charge in [-0.1, -0.05) is 0 Å². The van der Waals surface area contributed by atoms with Crippen LogP contribution in [0.1, 0.15) is 29.6 Å². The van der Waals surface area contributed by atoms with Crippen molar-refractivity contribution in [2.75, 3.05) is 19.4 Å². The summed E-state index contributed by atoms with van der Waals surface area (Å²) in [6, 6.07) is 3.96. The number of hydrogen-bond donors (Lipinski definition) is 2. The summed E-state index contributed by atoms with van der Waals surface area (Å²) in [7, 11) is 1.63. The third-order valence-corrected chi connectivity index (χ3v) is 3.50. The molecule has 1 amide bonds. The van der Waals surface area contributed by atoms with Gasteiger partial charge in [0, 0.05) is 19.3 Å². The van der Waals surface area contributed by atoms with Gasteiger partial charge in [-0.3, -0.25) is 4.79 Å². The zero-order chi connectivity index (χ0) is 13.2. The number of nitrogen functional groups attached to an aromatic ring is 1. The van der Waals surface area contributed by atoms with Crippen molar-refractivity contribution in [3.63, 3.8) is 0 Å². The first-order chi connectivity index (χ1) is 8.56. The van der Waals surface area contributed by atoms with Crippen molar-refractivity contribution in [3.05, 3.63) is 29.6 Å². The molecule has 0 radical (unpaired) electrons. The first-order valence-corrected chi connectivity index (χ1v) is 5.95. The van der Waals surface area contributed by atoms with E-state index in [0.29, 0.717) is 12.2 Å². The Bertz CT molecular complexity index is 453. The zero-order valence-electron chi connectivity index (χ0n) is 10.3. The maximum absolute atomic E-state index is 13.5. The van der Waals surface area contributed by atoms with Crippen molar-refractivity contribution in [1.82, 2.24) is 5.32 Å². The summed E-state index contributed by atoms with van der Waals surface area (Å²) in [5.74, 6) is -1.02. The first kappa shape index (κ1) is 12.8. The molecule has 0 aromatic heterocycles. The second-order valence-corrected chi connectivity index (χ2v) is 4.66. The third kappa shape index (κ3) is 2.46. The number of carbonyl (C=O) groups excluding carboxylic acids is 1. The largest absolute Gasteiger partial charge is 0.399 e. The molecule has 0 unspecified atom stereocenters. The van der Waals surface area contributed by atoms with E-state index in [1.807, 2.05) is 0 Å². The molecule has 1 saturated carbocycles. The number of anilines is 1. The van der Waals surface area contributed by atoms with Crippen LogP contribution in [0.3, 0.4) is 0 Å². The molecule has 1 aliphatic rings. The standard InChI is InChI=1S/C13H17FN2O2/c1-18-13(5-2-6-13)8-16-12(17)10-7-9(15)3-4-11(10)14/h3-4,7H,2,5-6,8,15H2,1H3,(H,16,17). The van der Waals surface area contributed by atoms with Crippen LogP contribution in [0.25, 0.3) is 0 Å². The molecule has 2 rings (SSSR count). The Morgan fingerprint density at radius 3 is 2.83 bits per heavy atom. The van der Waals surface area contributed by atoms with Crippen LogP contribution >= 0.6 is 0 Å². The van der Waals surface area contributed by atoms with E-state index in [9.17, 15) is 9.18 Å². The molecule has 1 aliphatic carbocycles. The Labute approximate surface area is 105 Å². The molecule has 4 nitrogen and oxygen atoms in total. The molecule has 3 N–H and O–H groups in total. The van der Waals surface area contributed by atoms with E-state index in [-0.39, 0.29) is 11.2 Å². The third-order valence-electron chi connectivity index (χ3n) is 3.50. The maximum atomic E-state index is 13.5. The average Bonchev–Trinajstić information content (AvgIpc) is 2.31. The Morgan fingerprint density at radius 2 is 2.28 bits per heavy atom.